The first kappa shape index (κ1) is 15.6. The van der Waals surface area contributed by atoms with Crippen molar-refractivity contribution in [1.29, 1.82) is 0 Å². The maximum Gasteiger partial charge on any atom is 0.184 e. The predicted molar refractivity (Wildman–Crippen MR) is 96.5 cm³/mol. The van der Waals surface area contributed by atoms with Gasteiger partial charge in [-0.15, -0.1) is 0 Å². The van der Waals surface area contributed by atoms with Gasteiger partial charge in [0.25, 0.3) is 0 Å². The van der Waals surface area contributed by atoms with Gasteiger partial charge in [-0.25, -0.2) is 0 Å². The summed E-state index contributed by atoms with van der Waals surface area (Å²) < 4.78 is 12.1. The molecule has 1 fully saturated rings. The number of H-pyrrole nitrogens is 1. The van der Waals surface area contributed by atoms with E-state index >= 15 is 0 Å². The number of rotatable bonds is 3. The molecule has 4 nitrogen and oxygen atoms in total. The first-order chi connectivity index (χ1) is 11.7. The summed E-state index contributed by atoms with van der Waals surface area (Å²) in [6.07, 6.45) is -0.264. The smallest absolute Gasteiger partial charge is 0.184 e. The highest BCUT2D eigenvalue weighted by Crippen LogP contribution is 2.33. The van der Waals surface area contributed by atoms with Crippen molar-refractivity contribution in [3.63, 3.8) is 0 Å². The van der Waals surface area contributed by atoms with Crippen molar-refractivity contribution < 1.29 is 9.47 Å². The molecule has 3 aromatic rings. The molecule has 24 heavy (non-hydrogen) atoms. The second-order valence-electron chi connectivity index (χ2n) is 5.85. The summed E-state index contributed by atoms with van der Waals surface area (Å²) in [6.45, 7) is 3.37. The maximum absolute atomic E-state index is 5.55. The van der Waals surface area contributed by atoms with Gasteiger partial charge in [-0.3, -0.25) is 5.10 Å². The van der Waals surface area contributed by atoms with Gasteiger partial charge in [-0.05, 0) is 19.1 Å². The third-order valence-electron chi connectivity index (χ3n) is 4.10. The molecule has 1 saturated heterocycles. The van der Waals surface area contributed by atoms with Crippen LogP contribution in [0, 0.1) is 6.92 Å². The van der Waals surface area contributed by atoms with Crippen LogP contribution >= 0.6 is 15.9 Å². The zero-order valence-corrected chi connectivity index (χ0v) is 14.8. The fourth-order valence-electron chi connectivity index (χ4n) is 2.78. The Labute approximate surface area is 148 Å². The molecule has 0 spiro atoms. The summed E-state index contributed by atoms with van der Waals surface area (Å²) in [6, 6.07) is 16.5. The SMILES string of the molecule is Cc1ccc(-c2cc(-c3ccc(C4OCCO4)cc3Br)[nH]n2)cc1. The Hall–Kier alpha value is -1.95. The van der Waals surface area contributed by atoms with Gasteiger partial charge in [0.05, 0.1) is 24.6 Å². The zero-order valence-electron chi connectivity index (χ0n) is 13.3. The topological polar surface area (TPSA) is 47.1 Å². The van der Waals surface area contributed by atoms with Crippen LogP contribution in [0.1, 0.15) is 17.4 Å². The number of aromatic amines is 1. The van der Waals surface area contributed by atoms with Crippen molar-refractivity contribution >= 4 is 15.9 Å². The molecule has 2 heterocycles. The van der Waals surface area contributed by atoms with Gasteiger partial charge >= 0.3 is 0 Å². The molecule has 122 valence electrons. The van der Waals surface area contributed by atoms with E-state index in [0.29, 0.717) is 13.2 Å². The van der Waals surface area contributed by atoms with Gasteiger partial charge < -0.3 is 9.47 Å². The van der Waals surface area contributed by atoms with E-state index in [1.807, 2.05) is 12.1 Å². The molecule has 0 radical (unpaired) electrons. The van der Waals surface area contributed by atoms with Crippen molar-refractivity contribution in [2.75, 3.05) is 13.2 Å². The highest BCUT2D eigenvalue weighted by Gasteiger charge is 2.19. The minimum absolute atomic E-state index is 0.264. The first-order valence-corrected chi connectivity index (χ1v) is 8.65. The molecule has 4 rings (SSSR count). The van der Waals surface area contributed by atoms with E-state index in [9.17, 15) is 0 Å². The molecule has 2 aromatic carbocycles. The van der Waals surface area contributed by atoms with Crippen LogP contribution in [0.15, 0.2) is 53.0 Å². The lowest BCUT2D eigenvalue weighted by molar-refractivity contribution is -0.0441. The fourth-order valence-corrected chi connectivity index (χ4v) is 3.39. The van der Waals surface area contributed by atoms with Crippen molar-refractivity contribution in [3.05, 3.63) is 64.1 Å². The summed E-state index contributed by atoms with van der Waals surface area (Å²) in [7, 11) is 0. The number of benzene rings is 2. The summed E-state index contributed by atoms with van der Waals surface area (Å²) >= 11 is 3.65. The Morgan fingerprint density at radius 2 is 1.79 bits per heavy atom. The molecule has 1 N–H and O–H groups in total. The van der Waals surface area contributed by atoms with Crippen molar-refractivity contribution in [1.82, 2.24) is 10.2 Å². The number of nitrogens with zero attached hydrogens (tertiary/aromatic N) is 1. The minimum atomic E-state index is -0.264. The van der Waals surface area contributed by atoms with E-state index in [-0.39, 0.29) is 6.29 Å². The molecular formula is C19H17BrN2O2. The highest BCUT2D eigenvalue weighted by molar-refractivity contribution is 9.10. The average Bonchev–Trinajstić information content (AvgIpc) is 3.27. The number of aryl methyl sites for hydroxylation is 1. The van der Waals surface area contributed by atoms with E-state index in [2.05, 4.69) is 69.4 Å². The molecule has 0 amide bonds. The van der Waals surface area contributed by atoms with Crippen molar-refractivity contribution in [3.8, 4) is 22.5 Å². The molecule has 0 atom stereocenters. The van der Waals surface area contributed by atoms with E-state index in [4.69, 9.17) is 9.47 Å². The van der Waals surface area contributed by atoms with Gasteiger partial charge in [0, 0.05) is 21.2 Å². The molecule has 1 aliphatic rings. The van der Waals surface area contributed by atoms with Crippen LogP contribution in [0.5, 0.6) is 0 Å². The average molecular weight is 385 g/mol. The number of ether oxygens (including phenoxy) is 2. The van der Waals surface area contributed by atoms with Gasteiger partial charge in [0.15, 0.2) is 6.29 Å². The maximum atomic E-state index is 5.55. The Balaban J connectivity index is 1.63. The molecule has 0 saturated carbocycles. The highest BCUT2D eigenvalue weighted by atomic mass is 79.9. The molecular weight excluding hydrogens is 368 g/mol. The number of halogens is 1. The molecule has 1 aliphatic heterocycles. The van der Waals surface area contributed by atoms with Gasteiger partial charge in [-0.2, -0.15) is 5.10 Å². The van der Waals surface area contributed by atoms with E-state index in [0.717, 1.165) is 32.6 Å². The Kier molecular flexibility index (Phi) is 4.22. The van der Waals surface area contributed by atoms with Crippen LogP contribution in [0.4, 0.5) is 0 Å². The largest absolute Gasteiger partial charge is 0.346 e. The summed E-state index contributed by atoms with van der Waals surface area (Å²) in [4.78, 5) is 0. The third kappa shape index (κ3) is 3.02. The number of hydrogen-bond donors (Lipinski definition) is 1. The summed E-state index contributed by atoms with van der Waals surface area (Å²) in [5.74, 6) is 0. The number of nitrogens with one attached hydrogen (secondary N) is 1. The van der Waals surface area contributed by atoms with Crippen LogP contribution < -0.4 is 0 Å². The fraction of sp³-hybridized carbons (Fsp3) is 0.211. The van der Waals surface area contributed by atoms with E-state index < -0.39 is 0 Å². The van der Waals surface area contributed by atoms with Crippen LogP contribution in [0.2, 0.25) is 0 Å². The molecule has 0 bridgehead atoms. The number of aromatic nitrogens is 2. The number of hydrogen-bond acceptors (Lipinski definition) is 3. The van der Waals surface area contributed by atoms with Crippen LogP contribution in [-0.2, 0) is 9.47 Å². The monoisotopic (exact) mass is 384 g/mol. The van der Waals surface area contributed by atoms with Crippen LogP contribution in [-0.4, -0.2) is 23.4 Å². The lowest BCUT2D eigenvalue weighted by Crippen LogP contribution is -1.98. The minimum Gasteiger partial charge on any atom is -0.346 e. The Morgan fingerprint density at radius 3 is 2.50 bits per heavy atom. The molecule has 1 aromatic heterocycles. The molecule has 5 heteroatoms. The lowest BCUT2D eigenvalue weighted by Gasteiger charge is -2.11. The molecule has 0 unspecified atom stereocenters. The standard InChI is InChI=1S/C19H17BrN2O2/c1-12-2-4-13(5-3-12)17-11-18(22-21-17)15-7-6-14(10-16(15)20)19-23-8-9-24-19/h2-7,10-11,19H,8-9H2,1H3,(H,21,22). The third-order valence-corrected chi connectivity index (χ3v) is 4.76. The lowest BCUT2D eigenvalue weighted by atomic mass is 10.1. The van der Waals surface area contributed by atoms with Crippen molar-refractivity contribution in [2.45, 2.75) is 13.2 Å². The van der Waals surface area contributed by atoms with Crippen molar-refractivity contribution in [2.24, 2.45) is 0 Å². The van der Waals surface area contributed by atoms with Crippen LogP contribution in [0.25, 0.3) is 22.5 Å². The predicted octanol–water partition coefficient (Wildman–Crippen LogP) is 4.86. The normalized spacial score (nSPS) is 15.1. The summed E-state index contributed by atoms with van der Waals surface area (Å²) in [5, 5.41) is 7.56. The first-order valence-electron chi connectivity index (χ1n) is 7.86. The quantitative estimate of drug-likeness (QED) is 0.701. The van der Waals surface area contributed by atoms with Gasteiger partial charge in [-0.1, -0.05) is 57.9 Å². The van der Waals surface area contributed by atoms with E-state index in [1.54, 1.807) is 0 Å². The Bertz CT molecular complexity index is 852. The second kappa shape index (κ2) is 6.51. The second-order valence-corrected chi connectivity index (χ2v) is 6.70. The molecule has 0 aliphatic carbocycles. The van der Waals surface area contributed by atoms with Gasteiger partial charge in [0.2, 0.25) is 0 Å². The zero-order chi connectivity index (χ0) is 16.5. The summed E-state index contributed by atoms with van der Waals surface area (Å²) in [5.41, 5.74) is 6.32. The Morgan fingerprint density at radius 1 is 1.04 bits per heavy atom. The van der Waals surface area contributed by atoms with E-state index in [1.165, 1.54) is 5.56 Å². The van der Waals surface area contributed by atoms with Gasteiger partial charge in [0.1, 0.15) is 0 Å². The van der Waals surface area contributed by atoms with Crippen LogP contribution in [0.3, 0.4) is 0 Å².